The highest BCUT2D eigenvalue weighted by molar-refractivity contribution is 6.33. The number of halogens is 1. The number of hydrogen-bond donors (Lipinski definition) is 0. The molecule has 0 bridgehead atoms. The minimum Gasteiger partial charge on any atom is -0.452 e. The molecule has 1 fully saturated rings. The van der Waals surface area contributed by atoms with Crippen LogP contribution in [0.25, 0.3) is 0 Å². The van der Waals surface area contributed by atoms with Crippen LogP contribution in [-0.4, -0.2) is 53.6 Å². The Hall–Kier alpha value is -2.19. The van der Waals surface area contributed by atoms with Gasteiger partial charge in [-0.3, -0.25) is 14.9 Å². The Balaban J connectivity index is 1.95. The molecule has 1 aliphatic rings. The molecule has 0 aliphatic carbocycles. The molecule has 0 aromatic heterocycles. The lowest BCUT2D eigenvalue weighted by Crippen LogP contribution is -2.49. The van der Waals surface area contributed by atoms with Crippen molar-refractivity contribution in [3.05, 3.63) is 38.9 Å². The minimum absolute atomic E-state index is 0.0289. The second-order valence-electron chi connectivity index (χ2n) is 5.55. The molecule has 24 heavy (non-hydrogen) atoms. The molecule has 1 saturated heterocycles. The van der Waals surface area contributed by atoms with Gasteiger partial charge in [-0.2, -0.15) is 0 Å². The van der Waals surface area contributed by atoms with Gasteiger partial charge in [0.2, 0.25) is 0 Å². The number of carbonyl (C=O) groups is 2. The van der Waals surface area contributed by atoms with Crippen LogP contribution in [0.15, 0.2) is 18.2 Å². The highest BCUT2D eigenvalue weighted by Gasteiger charge is 2.26. The maximum absolute atomic E-state index is 12.1. The molecule has 1 amide bonds. The van der Waals surface area contributed by atoms with Crippen LogP contribution in [0, 0.1) is 10.1 Å². The van der Waals surface area contributed by atoms with Crippen molar-refractivity contribution in [3.63, 3.8) is 0 Å². The van der Waals surface area contributed by atoms with Crippen LogP contribution in [0.5, 0.6) is 0 Å². The highest BCUT2D eigenvalue weighted by Crippen LogP contribution is 2.23. The van der Waals surface area contributed by atoms with Gasteiger partial charge in [0.25, 0.3) is 11.6 Å². The van der Waals surface area contributed by atoms with Gasteiger partial charge in [0.1, 0.15) is 0 Å². The standard InChI is InChI=1S/C15H17ClN2O6/c1-9-6-17(7-10(2)24-9)14(19)8-23-15(20)12-4-3-11(18(21)22)5-13(12)16/h3-5,9-10H,6-8H2,1-2H3/t9-,10-/m0/s1. The van der Waals surface area contributed by atoms with Crippen molar-refractivity contribution in [2.45, 2.75) is 26.1 Å². The number of non-ortho nitro benzene ring substituents is 1. The van der Waals surface area contributed by atoms with Crippen LogP contribution in [0.1, 0.15) is 24.2 Å². The first-order valence-corrected chi connectivity index (χ1v) is 7.70. The van der Waals surface area contributed by atoms with Gasteiger partial charge in [0, 0.05) is 25.2 Å². The highest BCUT2D eigenvalue weighted by atomic mass is 35.5. The lowest BCUT2D eigenvalue weighted by molar-refractivity contribution is -0.384. The average Bonchev–Trinajstić information content (AvgIpc) is 2.51. The quantitative estimate of drug-likeness (QED) is 0.465. The Morgan fingerprint density at radius 3 is 2.54 bits per heavy atom. The maximum Gasteiger partial charge on any atom is 0.340 e. The number of amides is 1. The number of morpholine rings is 1. The number of hydrogen-bond acceptors (Lipinski definition) is 6. The molecule has 0 spiro atoms. The van der Waals surface area contributed by atoms with Crippen molar-refractivity contribution in [1.82, 2.24) is 4.90 Å². The molecule has 2 atom stereocenters. The van der Waals surface area contributed by atoms with Crippen LogP contribution in [0.2, 0.25) is 5.02 Å². The zero-order valence-corrected chi connectivity index (χ0v) is 14.0. The molecule has 9 heteroatoms. The van der Waals surface area contributed by atoms with Crippen LogP contribution < -0.4 is 0 Å². The van der Waals surface area contributed by atoms with E-state index in [1.54, 1.807) is 4.90 Å². The predicted molar refractivity (Wildman–Crippen MR) is 85.0 cm³/mol. The summed E-state index contributed by atoms with van der Waals surface area (Å²) in [5.41, 5.74) is -0.261. The second-order valence-corrected chi connectivity index (χ2v) is 5.96. The minimum atomic E-state index is -0.808. The largest absolute Gasteiger partial charge is 0.452 e. The number of esters is 1. The normalized spacial score (nSPS) is 20.5. The predicted octanol–water partition coefficient (Wildman–Crippen LogP) is 2.04. The Morgan fingerprint density at radius 2 is 2.00 bits per heavy atom. The number of rotatable bonds is 4. The fourth-order valence-electron chi connectivity index (χ4n) is 2.46. The Kier molecular flexibility index (Phi) is 5.74. The summed E-state index contributed by atoms with van der Waals surface area (Å²) in [6, 6.07) is 3.41. The van der Waals surface area contributed by atoms with E-state index in [-0.39, 0.29) is 34.4 Å². The third-order valence-electron chi connectivity index (χ3n) is 3.48. The topological polar surface area (TPSA) is 99.0 Å². The summed E-state index contributed by atoms with van der Waals surface area (Å²) in [5.74, 6) is -1.14. The van der Waals surface area contributed by atoms with Gasteiger partial charge in [0.15, 0.2) is 6.61 Å². The van der Waals surface area contributed by atoms with Crippen molar-refractivity contribution in [3.8, 4) is 0 Å². The lowest BCUT2D eigenvalue weighted by atomic mass is 10.2. The maximum atomic E-state index is 12.1. The summed E-state index contributed by atoms with van der Waals surface area (Å²) in [6.07, 6.45) is -0.171. The number of benzene rings is 1. The Morgan fingerprint density at radius 1 is 1.38 bits per heavy atom. The first-order chi connectivity index (χ1) is 11.3. The smallest absolute Gasteiger partial charge is 0.340 e. The van der Waals surface area contributed by atoms with Crippen LogP contribution in [0.3, 0.4) is 0 Å². The summed E-state index contributed by atoms with van der Waals surface area (Å²) < 4.78 is 10.5. The number of carbonyl (C=O) groups excluding carboxylic acids is 2. The van der Waals surface area contributed by atoms with Gasteiger partial charge in [-0.15, -0.1) is 0 Å². The molecule has 0 radical (unpaired) electrons. The monoisotopic (exact) mass is 356 g/mol. The molecule has 1 aliphatic heterocycles. The molecule has 2 rings (SSSR count). The van der Waals surface area contributed by atoms with E-state index in [1.807, 2.05) is 13.8 Å². The first-order valence-electron chi connectivity index (χ1n) is 7.32. The van der Waals surface area contributed by atoms with E-state index in [4.69, 9.17) is 21.1 Å². The van der Waals surface area contributed by atoms with Gasteiger partial charge in [-0.25, -0.2) is 4.79 Å². The number of nitro benzene ring substituents is 1. The van der Waals surface area contributed by atoms with E-state index < -0.39 is 17.5 Å². The number of ether oxygens (including phenoxy) is 2. The number of nitrogens with zero attached hydrogens (tertiary/aromatic N) is 2. The van der Waals surface area contributed by atoms with Crippen LogP contribution in [0.4, 0.5) is 5.69 Å². The van der Waals surface area contributed by atoms with Crippen molar-refractivity contribution in [1.29, 1.82) is 0 Å². The molecule has 8 nitrogen and oxygen atoms in total. The van der Waals surface area contributed by atoms with E-state index in [9.17, 15) is 19.7 Å². The molecule has 1 aromatic carbocycles. The van der Waals surface area contributed by atoms with Crippen molar-refractivity contribution < 1.29 is 24.0 Å². The van der Waals surface area contributed by atoms with Gasteiger partial charge in [-0.05, 0) is 19.9 Å². The fraction of sp³-hybridized carbons (Fsp3) is 0.467. The first kappa shape index (κ1) is 18.2. The van der Waals surface area contributed by atoms with Crippen LogP contribution in [-0.2, 0) is 14.3 Å². The molecule has 1 aromatic rings. The molecular formula is C15H17ClN2O6. The molecule has 0 unspecified atom stereocenters. The van der Waals surface area contributed by atoms with Gasteiger partial charge in [0.05, 0.1) is 27.7 Å². The molecular weight excluding hydrogens is 340 g/mol. The zero-order chi connectivity index (χ0) is 17.9. The van der Waals surface area contributed by atoms with Gasteiger partial charge >= 0.3 is 5.97 Å². The van der Waals surface area contributed by atoms with Crippen molar-refractivity contribution in [2.75, 3.05) is 19.7 Å². The molecule has 0 saturated carbocycles. The second kappa shape index (κ2) is 7.59. The van der Waals surface area contributed by atoms with E-state index >= 15 is 0 Å². The lowest BCUT2D eigenvalue weighted by Gasteiger charge is -2.35. The van der Waals surface area contributed by atoms with E-state index in [2.05, 4.69) is 0 Å². The summed E-state index contributed by atoms with van der Waals surface area (Å²) in [6.45, 7) is 4.15. The zero-order valence-electron chi connectivity index (χ0n) is 13.2. The number of nitro groups is 1. The molecule has 0 N–H and O–H groups in total. The third kappa shape index (κ3) is 4.42. The van der Waals surface area contributed by atoms with Crippen molar-refractivity contribution >= 4 is 29.2 Å². The Bertz CT molecular complexity index is 655. The average molecular weight is 357 g/mol. The Labute approximate surface area is 143 Å². The molecule has 1 heterocycles. The summed E-state index contributed by atoms with van der Waals surface area (Å²) in [7, 11) is 0. The summed E-state index contributed by atoms with van der Waals surface area (Å²) >= 11 is 5.85. The molecule has 130 valence electrons. The SMILES string of the molecule is C[C@H]1CN(C(=O)COC(=O)c2ccc([N+](=O)[O-])cc2Cl)C[C@H](C)O1. The summed E-state index contributed by atoms with van der Waals surface area (Å²) in [5, 5.41) is 10.5. The van der Waals surface area contributed by atoms with Gasteiger partial charge in [-0.1, -0.05) is 11.6 Å². The van der Waals surface area contributed by atoms with E-state index in [1.165, 1.54) is 6.07 Å². The van der Waals surface area contributed by atoms with Gasteiger partial charge < -0.3 is 14.4 Å². The van der Waals surface area contributed by atoms with Crippen molar-refractivity contribution in [2.24, 2.45) is 0 Å². The fourth-order valence-corrected chi connectivity index (χ4v) is 2.71. The third-order valence-corrected chi connectivity index (χ3v) is 3.80. The van der Waals surface area contributed by atoms with E-state index in [0.717, 1.165) is 12.1 Å². The van der Waals surface area contributed by atoms with E-state index in [0.29, 0.717) is 13.1 Å². The summed E-state index contributed by atoms with van der Waals surface area (Å²) in [4.78, 5) is 35.7. The van der Waals surface area contributed by atoms with Crippen LogP contribution >= 0.6 is 11.6 Å².